The number of ether oxygens (including phenoxy) is 2. The van der Waals surface area contributed by atoms with E-state index in [4.69, 9.17) is 14.6 Å². The summed E-state index contributed by atoms with van der Waals surface area (Å²) in [7, 11) is 0. The van der Waals surface area contributed by atoms with Gasteiger partial charge >= 0.3 is 5.97 Å². The molecule has 5 unspecified atom stereocenters. The van der Waals surface area contributed by atoms with Crippen LogP contribution >= 0.6 is 0 Å². The van der Waals surface area contributed by atoms with Gasteiger partial charge in [0.2, 0.25) is 6.29 Å². The predicted molar refractivity (Wildman–Crippen MR) is 98.0 cm³/mol. The largest absolute Gasteiger partial charge is 0.478 e. The molecule has 3 rings (SSSR count). The molecule has 8 nitrogen and oxygen atoms in total. The van der Waals surface area contributed by atoms with Gasteiger partial charge < -0.3 is 35.0 Å². The Balaban J connectivity index is 1.81. The summed E-state index contributed by atoms with van der Waals surface area (Å²) in [5.41, 5.74) is 2.37. The Morgan fingerprint density at radius 1 is 1.04 bits per heavy atom. The van der Waals surface area contributed by atoms with E-state index in [2.05, 4.69) is 0 Å². The Morgan fingerprint density at radius 2 is 1.75 bits per heavy atom. The Labute approximate surface area is 161 Å². The summed E-state index contributed by atoms with van der Waals surface area (Å²) < 4.78 is 11.0. The van der Waals surface area contributed by atoms with Gasteiger partial charge in [-0.15, -0.1) is 0 Å². The fourth-order valence-electron chi connectivity index (χ4n) is 3.08. The van der Waals surface area contributed by atoms with Crippen molar-refractivity contribution in [3.8, 4) is 16.9 Å². The molecule has 0 bridgehead atoms. The van der Waals surface area contributed by atoms with Crippen LogP contribution in [0.1, 0.15) is 15.9 Å². The van der Waals surface area contributed by atoms with Crippen LogP contribution in [0.5, 0.6) is 5.75 Å². The quantitative estimate of drug-likeness (QED) is 0.499. The zero-order valence-electron chi connectivity index (χ0n) is 15.1. The molecule has 28 heavy (non-hydrogen) atoms. The van der Waals surface area contributed by atoms with Crippen molar-refractivity contribution in [2.75, 3.05) is 6.61 Å². The van der Waals surface area contributed by atoms with Gasteiger partial charge in [0, 0.05) is 0 Å². The van der Waals surface area contributed by atoms with E-state index in [0.29, 0.717) is 11.3 Å². The Bertz CT molecular complexity index is 850. The zero-order valence-corrected chi connectivity index (χ0v) is 15.1. The van der Waals surface area contributed by atoms with Gasteiger partial charge in [0.05, 0.1) is 12.2 Å². The molecule has 2 aromatic carbocycles. The second-order valence-electron chi connectivity index (χ2n) is 6.68. The highest BCUT2D eigenvalue weighted by Crippen LogP contribution is 2.30. The molecule has 2 aromatic rings. The zero-order chi connectivity index (χ0) is 20.4. The molecule has 0 aliphatic carbocycles. The lowest BCUT2D eigenvalue weighted by Gasteiger charge is -2.39. The van der Waals surface area contributed by atoms with Gasteiger partial charge in [-0.05, 0) is 47.9 Å². The number of hydrogen-bond donors (Lipinski definition) is 5. The average Bonchev–Trinajstić information content (AvgIpc) is 2.69. The number of carboxylic acids is 1. The minimum Gasteiger partial charge on any atom is -0.478 e. The van der Waals surface area contributed by atoms with E-state index in [-0.39, 0.29) is 5.56 Å². The van der Waals surface area contributed by atoms with Crippen molar-refractivity contribution in [3.63, 3.8) is 0 Å². The molecule has 5 N–H and O–H groups in total. The third-order valence-electron chi connectivity index (χ3n) is 4.71. The van der Waals surface area contributed by atoms with Crippen LogP contribution in [0.15, 0.2) is 42.5 Å². The SMILES string of the molecule is Cc1cc(-c2cccc(C(=O)O)c2)ccc1OC1OC(CO)C(O)C(O)C1O. The number of aliphatic hydroxyl groups is 4. The first kappa shape index (κ1) is 20.2. The summed E-state index contributed by atoms with van der Waals surface area (Å²) in [5.74, 6) is -0.636. The smallest absolute Gasteiger partial charge is 0.335 e. The molecule has 1 heterocycles. The van der Waals surface area contributed by atoms with Gasteiger partial charge in [-0.25, -0.2) is 4.79 Å². The van der Waals surface area contributed by atoms with Crippen LogP contribution in [0, 0.1) is 6.92 Å². The van der Waals surface area contributed by atoms with Crippen LogP contribution in [0.3, 0.4) is 0 Å². The van der Waals surface area contributed by atoms with Gasteiger partial charge in [0.25, 0.3) is 0 Å². The summed E-state index contributed by atoms with van der Waals surface area (Å²) in [6.07, 6.45) is -6.79. The van der Waals surface area contributed by atoms with Gasteiger partial charge in [0.15, 0.2) is 0 Å². The van der Waals surface area contributed by atoms with Crippen molar-refractivity contribution in [1.82, 2.24) is 0 Å². The Kier molecular flexibility index (Phi) is 5.97. The van der Waals surface area contributed by atoms with E-state index in [1.54, 1.807) is 43.3 Å². The van der Waals surface area contributed by atoms with Gasteiger partial charge in [-0.3, -0.25) is 0 Å². The Morgan fingerprint density at radius 3 is 2.39 bits per heavy atom. The number of aryl methyl sites for hydroxylation is 1. The second kappa shape index (κ2) is 8.26. The standard InChI is InChI=1S/C20H22O8/c1-10-7-12(11-3-2-4-13(8-11)19(25)26)5-6-14(10)27-20-18(24)17(23)16(22)15(9-21)28-20/h2-8,15-18,20-24H,9H2,1H3,(H,25,26). The minimum absolute atomic E-state index is 0.178. The highest BCUT2D eigenvalue weighted by Gasteiger charge is 2.44. The minimum atomic E-state index is -1.52. The lowest BCUT2D eigenvalue weighted by Crippen LogP contribution is -2.60. The molecule has 1 aliphatic rings. The highest BCUT2D eigenvalue weighted by atomic mass is 16.7. The summed E-state index contributed by atoms with van der Waals surface area (Å²) >= 11 is 0. The maximum atomic E-state index is 11.1. The van der Waals surface area contributed by atoms with Crippen LogP contribution < -0.4 is 4.74 Å². The lowest BCUT2D eigenvalue weighted by molar-refractivity contribution is -0.277. The van der Waals surface area contributed by atoms with E-state index in [1.165, 1.54) is 6.07 Å². The first-order valence-electron chi connectivity index (χ1n) is 8.73. The molecule has 1 fully saturated rings. The van der Waals surface area contributed by atoms with E-state index < -0.39 is 43.3 Å². The normalized spacial score (nSPS) is 27.4. The maximum absolute atomic E-state index is 11.1. The van der Waals surface area contributed by atoms with Crippen molar-refractivity contribution in [2.24, 2.45) is 0 Å². The summed E-state index contributed by atoms with van der Waals surface area (Å²) in [6.45, 7) is 1.23. The number of carboxylic acid groups (broad SMARTS) is 1. The molecular weight excluding hydrogens is 368 g/mol. The molecule has 150 valence electrons. The number of benzene rings is 2. The van der Waals surface area contributed by atoms with E-state index in [1.807, 2.05) is 0 Å². The fraction of sp³-hybridized carbons (Fsp3) is 0.350. The molecule has 1 saturated heterocycles. The van der Waals surface area contributed by atoms with Crippen LogP contribution in [-0.2, 0) is 4.74 Å². The average molecular weight is 390 g/mol. The van der Waals surface area contributed by atoms with Gasteiger partial charge in [-0.1, -0.05) is 18.2 Å². The van der Waals surface area contributed by atoms with Crippen LogP contribution in [0.25, 0.3) is 11.1 Å². The van der Waals surface area contributed by atoms with E-state index in [0.717, 1.165) is 11.1 Å². The molecule has 0 spiro atoms. The highest BCUT2D eigenvalue weighted by molar-refractivity contribution is 5.89. The van der Waals surface area contributed by atoms with Crippen molar-refractivity contribution in [1.29, 1.82) is 0 Å². The van der Waals surface area contributed by atoms with Crippen LogP contribution in [0.4, 0.5) is 0 Å². The Hall–Kier alpha value is -2.49. The summed E-state index contributed by atoms with van der Waals surface area (Å²) in [4.78, 5) is 11.1. The third kappa shape index (κ3) is 4.01. The number of aliphatic hydroxyl groups excluding tert-OH is 4. The van der Waals surface area contributed by atoms with E-state index in [9.17, 15) is 25.2 Å². The summed E-state index contributed by atoms with van der Waals surface area (Å²) in [5, 5.41) is 48.2. The molecule has 0 saturated carbocycles. The van der Waals surface area contributed by atoms with Crippen molar-refractivity contribution in [3.05, 3.63) is 53.6 Å². The van der Waals surface area contributed by atoms with Gasteiger partial charge in [-0.2, -0.15) is 0 Å². The van der Waals surface area contributed by atoms with Crippen molar-refractivity contribution >= 4 is 5.97 Å². The molecule has 1 aliphatic heterocycles. The first-order valence-corrected chi connectivity index (χ1v) is 8.73. The van der Waals surface area contributed by atoms with Crippen LogP contribution in [0.2, 0.25) is 0 Å². The van der Waals surface area contributed by atoms with E-state index >= 15 is 0 Å². The summed E-state index contributed by atoms with van der Waals surface area (Å²) in [6, 6.07) is 11.7. The van der Waals surface area contributed by atoms with Gasteiger partial charge in [0.1, 0.15) is 30.2 Å². The lowest BCUT2D eigenvalue weighted by atomic mass is 9.99. The molecule has 0 radical (unpaired) electrons. The number of aromatic carboxylic acids is 1. The molecular formula is C20H22O8. The third-order valence-corrected chi connectivity index (χ3v) is 4.71. The number of hydrogen-bond acceptors (Lipinski definition) is 7. The molecule has 0 amide bonds. The number of carbonyl (C=O) groups is 1. The van der Waals surface area contributed by atoms with Crippen molar-refractivity contribution in [2.45, 2.75) is 37.6 Å². The molecule has 5 atom stereocenters. The maximum Gasteiger partial charge on any atom is 0.335 e. The molecule has 0 aromatic heterocycles. The first-order chi connectivity index (χ1) is 13.3. The topological polar surface area (TPSA) is 137 Å². The monoisotopic (exact) mass is 390 g/mol. The fourth-order valence-corrected chi connectivity index (χ4v) is 3.08. The number of rotatable bonds is 5. The van der Waals surface area contributed by atoms with Crippen molar-refractivity contribution < 1.29 is 39.8 Å². The molecule has 8 heteroatoms. The van der Waals surface area contributed by atoms with Crippen LogP contribution in [-0.4, -0.2) is 68.8 Å². The second-order valence-corrected chi connectivity index (χ2v) is 6.68. The predicted octanol–water partition coefficient (Wildman–Crippen LogP) is 0.539.